The molecule has 114 valence electrons. The Morgan fingerprint density at radius 3 is 2.63 bits per heavy atom. The molecule has 5 heteroatoms. The van der Waals surface area contributed by atoms with Crippen molar-refractivity contribution >= 4 is 17.7 Å². The Balaban J connectivity index is 3.57. The molecular formula is C14H30N2O2S. The Labute approximate surface area is 121 Å². The molecule has 0 spiro atoms. The van der Waals surface area contributed by atoms with E-state index >= 15 is 0 Å². The molecule has 0 bridgehead atoms. The van der Waals surface area contributed by atoms with Crippen LogP contribution >= 0.6 is 11.8 Å². The maximum atomic E-state index is 11.7. The first-order chi connectivity index (χ1) is 9.11. The van der Waals surface area contributed by atoms with Gasteiger partial charge in [0.05, 0.1) is 0 Å². The van der Waals surface area contributed by atoms with Gasteiger partial charge in [-0.15, -0.1) is 0 Å². The van der Waals surface area contributed by atoms with Gasteiger partial charge in [0.2, 0.25) is 5.91 Å². The number of rotatable bonds is 12. The standard InChI is InChI=1S/C14H30N2O2S/c1-12(2)13(6-7-15)4-5-14(18)16-8-11-19-10-3-9-17/h12-13,17H,3-11,15H2,1-2H3,(H,16,18). The Kier molecular flexibility index (Phi) is 12.6. The number of hydrogen-bond acceptors (Lipinski definition) is 4. The molecule has 4 nitrogen and oxygen atoms in total. The van der Waals surface area contributed by atoms with E-state index in [1.165, 1.54) is 0 Å². The Hall–Kier alpha value is -0.260. The second-order valence-corrected chi connectivity index (χ2v) is 6.38. The topological polar surface area (TPSA) is 75.4 Å². The summed E-state index contributed by atoms with van der Waals surface area (Å²) in [5.41, 5.74) is 5.59. The molecule has 0 saturated carbocycles. The number of amides is 1. The van der Waals surface area contributed by atoms with Crippen molar-refractivity contribution in [2.45, 2.75) is 39.5 Å². The number of nitrogens with two attached hydrogens (primary N) is 1. The van der Waals surface area contributed by atoms with E-state index in [-0.39, 0.29) is 12.5 Å². The van der Waals surface area contributed by atoms with E-state index in [1.54, 1.807) is 11.8 Å². The van der Waals surface area contributed by atoms with Crippen molar-refractivity contribution < 1.29 is 9.90 Å². The molecule has 0 aromatic rings. The number of carbonyl (C=O) groups is 1. The number of hydrogen-bond donors (Lipinski definition) is 3. The lowest BCUT2D eigenvalue weighted by Gasteiger charge is -2.19. The van der Waals surface area contributed by atoms with Crippen LogP contribution in [0.4, 0.5) is 0 Å². The molecule has 0 fully saturated rings. The average molecular weight is 290 g/mol. The zero-order valence-corrected chi connectivity index (χ0v) is 13.2. The normalized spacial score (nSPS) is 12.7. The van der Waals surface area contributed by atoms with Gasteiger partial charge in [-0.25, -0.2) is 0 Å². The SMILES string of the molecule is CC(C)C(CCN)CCC(=O)NCCSCCCO. The molecule has 1 amide bonds. The number of nitrogens with one attached hydrogen (secondary N) is 1. The van der Waals surface area contributed by atoms with Gasteiger partial charge in [0, 0.05) is 25.3 Å². The number of aliphatic hydroxyl groups excluding tert-OH is 1. The third kappa shape index (κ3) is 11.3. The molecule has 0 heterocycles. The van der Waals surface area contributed by atoms with Crippen LogP contribution < -0.4 is 11.1 Å². The van der Waals surface area contributed by atoms with Gasteiger partial charge < -0.3 is 16.2 Å². The maximum Gasteiger partial charge on any atom is 0.220 e. The lowest BCUT2D eigenvalue weighted by Crippen LogP contribution is -2.27. The summed E-state index contributed by atoms with van der Waals surface area (Å²) >= 11 is 1.77. The van der Waals surface area contributed by atoms with Crippen LogP contribution in [0.5, 0.6) is 0 Å². The first-order valence-electron chi connectivity index (χ1n) is 7.27. The lowest BCUT2D eigenvalue weighted by molar-refractivity contribution is -0.121. The van der Waals surface area contributed by atoms with Crippen molar-refractivity contribution in [1.82, 2.24) is 5.32 Å². The molecule has 0 rings (SSSR count). The molecule has 1 atom stereocenters. The highest BCUT2D eigenvalue weighted by Gasteiger charge is 2.14. The van der Waals surface area contributed by atoms with E-state index in [2.05, 4.69) is 19.2 Å². The smallest absolute Gasteiger partial charge is 0.220 e. The van der Waals surface area contributed by atoms with Crippen LogP contribution in [0.25, 0.3) is 0 Å². The molecule has 0 radical (unpaired) electrons. The average Bonchev–Trinajstić information content (AvgIpc) is 2.38. The summed E-state index contributed by atoms with van der Waals surface area (Å²) in [6, 6.07) is 0. The van der Waals surface area contributed by atoms with Gasteiger partial charge in [0.15, 0.2) is 0 Å². The summed E-state index contributed by atoms with van der Waals surface area (Å²) < 4.78 is 0. The fourth-order valence-electron chi connectivity index (χ4n) is 1.96. The van der Waals surface area contributed by atoms with Crippen molar-refractivity contribution in [2.24, 2.45) is 17.6 Å². The van der Waals surface area contributed by atoms with Crippen molar-refractivity contribution in [3.8, 4) is 0 Å². The Morgan fingerprint density at radius 1 is 1.32 bits per heavy atom. The van der Waals surface area contributed by atoms with Crippen LogP contribution in [0, 0.1) is 11.8 Å². The highest BCUT2D eigenvalue weighted by Crippen LogP contribution is 2.20. The quantitative estimate of drug-likeness (QED) is 0.477. The number of thioether (sulfide) groups is 1. The maximum absolute atomic E-state index is 11.7. The second-order valence-electron chi connectivity index (χ2n) is 5.16. The fourth-order valence-corrected chi connectivity index (χ4v) is 2.74. The van der Waals surface area contributed by atoms with Crippen LogP contribution in [0.15, 0.2) is 0 Å². The largest absolute Gasteiger partial charge is 0.396 e. The molecule has 19 heavy (non-hydrogen) atoms. The van der Waals surface area contributed by atoms with E-state index in [0.717, 1.165) is 37.3 Å². The van der Waals surface area contributed by atoms with Crippen molar-refractivity contribution in [2.75, 3.05) is 31.2 Å². The van der Waals surface area contributed by atoms with Gasteiger partial charge in [-0.2, -0.15) is 11.8 Å². The van der Waals surface area contributed by atoms with E-state index in [1.807, 2.05) is 0 Å². The van der Waals surface area contributed by atoms with Crippen LogP contribution in [0.1, 0.15) is 39.5 Å². The first kappa shape index (κ1) is 18.7. The Bertz CT molecular complexity index is 225. The predicted octanol–water partition coefficient (Wildman–Crippen LogP) is 1.62. The van der Waals surface area contributed by atoms with Crippen molar-refractivity contribution in [3.63, 3.8) is 0 Å². The molecule has 0 aromatic heterocycles. The summed E-state index contributed by atoms with van der Waals surface area (Å²) in [5.74, 6) is 3.16. The number of carbonyl (C=O) groups excluding carboxylic acids is 1. The number of aliphatic hydroxyl groups is 1. The molecule has 0 aromatic carbocycles. The zero-order valence-electron chi connectivity index (χ0n) is 12.4. The molecule has 0 aliphatic carbocycles. The van der Waals surface area contributed by atoms with E-state index in [4.69, 9.17) is 10.8 Å². The summed E-state index contributed by atoms with van der Waals surface area (Å²) in [4.78, 5) is 11.7. The minimum Gasteiger partial charge on any atom is -0.396 e. The highest BCUT2D eigenvalue weighted by molar-refractivity contribution is 7.99. The fraction of sp³-hybridized carbons (Fsp3) is 0.929. The van der Waals surface area contributed by atoms with Gasteiger partial charge in [-0.05, 0) is 43.4 Å². The zero-order chi connectivity index (χ0) is 14.5. The molecule has 0 saturated heterocycles. The minimum atomic E-state index is 0.144. The first-order valence-corrected chi connectivity index (χ1v) is 8.42. The van der Waals surface area contributed by atoms with E-state index in [0.29, 0.717) is 24.8 Å². The third-order valence-electron chi connectivity index (χ3n) is 3.24. The summed E-state index contributed by atoms with van der Waals surface area (Å²) in [6.07, 6.45) is 3.36. The van der Waals surface area contributed by atoms with Crippen LogP contribution in [0.3, 0.4) is 0 Å². The summed E-state index contributed by atoms with van der Waals surface area (Å²) in [7, 11) is 0. The van der Waals surface area contributed by atoms with E-state index in [9.17, 15) is 4.79 Å². The van der Waals surface area contributed by atoms with Gasteiger partial charge in [0.25, 0.3) is 0 Å². The monoisotopic (exact) mass is 290 g/mol. The molecular weight excluding hydrogens is 260 g/mol. The predicted molar refractivity (Wildman–Crippen MR) is 83.3 cm³/mol. The van der Waals surface area contributed by atoms with Gasteiger partial charge in [-0.1, -0.05) is 13.8 Å². The molecule has 0 aliphatic rings. The van der Waals surface area contributed by atoms with Crippen LogP contribution in [-0.2, 0) is 4.79 Å². The molecule has 4 N–H and O–H groups in total. The van der Waals surface area contributed by atoms with Gasteiger partial charge in [0.1, 0.15) is 0 Å². The van der Waals surface area contributed by atoms with Crippen LogP contribution in [0.2, 0.25) is 0 Å². The van der Waals surface area contributed by atoms with Gasteiger partial charge in [-0.3, -0.25) is 4.79 Å². The van der Waals surface area contributed by atoms with Crippen LogP contribution in [-0.4, -0.2) is 42.2 Å². The minimum absolute atomic E-state index is 0.144. The van der Waals surface area contributed by atoms with Gasteiger partial charge >= 0.3 is 0 Å². The van der Waals surface area contributed by atoms with Crippen molar-refractivity contribution in [1.29, 1.82) is 0 Å². The summed E-state index contributed by atoms with van der Waals surface area (Å²) in [6.45, 7) is 6.05. The summed E-state index contributed by atoms with van der Waals surface area (Å²) in [5, 5.41) is 11.6. The lowest BCUT2D eigenvalue weighted by atomic mass is 9.88. The van der Waals surface area contributed by atoms with E-state index < -0.39 is 0 Å². The molecule has 0 aliphatic heterocycles. The third-order valence-corrected chi connectivity index (χ3v) is 4.31. The molecule has 1 unspecified atom stereocenters. The Morgan fingerprint density at radius 2 is 2.05 bits per heavy atom. The van der Waals surface area contributed by atoms with Crippen molar-refractivity contribution in [3.05, 3.63) is 0 Å². The second kappa shape index (κ2) is 12.8. The highest BCUT2D eigenvalue weighted by atomic mass is 32.2.